The Morgan fingerprint density at radius 3 is 2.54 bits per heavy atom. The molecule has 0 spiro atoms. The van der Waals surface area contributed by atoms with Gasteiger partial charge in [0.15, 0.2) is 5.65 Å². The molecule has 2 aromatic heterocycles. The molecule has 9 heteroatoms. The summed E-state index contributed by atoms with van der Waals surface area (Å²) in [4.78, 5) is 19.9. The van der Waals surface area contributed by atoms with Crippen molar-refractivity contribution >= 4 is 11.0 Å². The van der Waals surface area contributed by atoms with E-state index < -0.39 is 5.60 Å². The molecule has 0 aliphatic carbocycles. The van der Waals surface area contributed by atoms with Crippen LogP contribution in [0, 0.1) is 0 Å². The lowest BCUT2D eigenvalue weighted by Crippen LogP contribution is -2.47. The zero-order valence-electron chi connectivity index (χ0n) is 19.9. The van der Waals surface area contributed by atoms with Crippen LogP contribution in [0.5, 0.6) is 11.5 Å². The summed E-state index contributed by atoms with van der Waals surface area (Å²) in [5.41, 5.74) is 1.20. The normalized spacial score (nSPS) is 15.9. The van der Waals surface area contributed by atoms with Crippen molar-refractivity contribution in [3.63, 3.8) is 0 Å². The van der Waals surface area contributed by atoms with Gasteiger partial charge in [-0.15, -0.1) is 0 Å². The molecule has 35 heavy (non-hydrogen) atoms. The molecule has 2 aromatic carbocycles. The molecule has 0 bridgehead atoms. The molecule has 0 saturated carbocycles. The molecule has 1 fully saturated rings. The monoisotopic (exact) mass is 475 g/mol. The first-order chi connectivity index (χ1) is 17.0. The van der Waals surface area contributed by atoms with Crippen LogP contribution in [0.3, 0.4) is 0 Å². The number of para-hydroxylation sites is 1. The Bertz CT molecular complexity index is 1370. The highest BCUT2D eigenvalue weighted by Crippen LogP contribution is 2.29. The number of hydrogen-bond donors (Lipinski definition) is 1. The van der Waals surface area contributed by atoms with Crippen molar-refractivity contribution in [3.05, 3.63) is 77.0 Å². The van der Waals surface area contributed by atoms with Crippen LogP contribution in [-0.2, 0) is 13.1 Å². The first-order valence-corrected chi connectivity index (χ1v) is 11.6. The van der Waals surface area contributed by atoms with Crippen molar-refractivity contribution in [2.45, 2.75) is 31.5 Å². The van der Waals surface area contributed by atoms with Crippen LogP contribution in [0.25, 0.3) is 16.7 Å². The second-order valence-electron chi connectivity index (χ2n) is 8.99. The zero-order valence-corrected chi connectivity index (χ0v) is 19.9. The third-order valence-electron chi connectivity index (χ3n) is 6.69. The molecule has 1 N–H and O–H groups in total. The van der Waals surface area contributed by atoms with E-state index in [2.05, 4.69) is 15.0 Å². The molecule has 4 aromatic rings. The number of methoxy groups -OCH3 is 2. The van der Waals surface area contributed by atoms with Gasteiger partial charge in [-0.1, -0.05) is 18.2 Å². The molecule has 0 amide bonds. The summed E-state index contributed by atoms with van der Waals surface area (Å²) in [6.45, 7) is 2.30. The van der Waals surface area contributed by atoms with Gasteiger partial charge in [-0.05, 0) is 43.2 Å². The van der Waals surface area contributed by atoms with Gasteiger partial charge in [-0.3, -0.25) is 14.3 Å². The number of aromatic nitrogens is 4. The number of aliphatic hydroxyl groups is 1. The minimum atomic E-state index is -0.983. The summed E-state index contributed by atoms with van der Waals surface area (Å²) in [6, 6.07) is 15.3. The molecule has 0 atom stereocenters. The molecule has 5 rings (SSSR count). The lowest BCUT2D eigenvalue weighted by atomic mass is 9.91. The Morgan fingerprint density at radius 2 is 1.83 bits per heavy atom. The fourth-order valence-electron chi connectivity index (χ4n) is 4.67. The topological polar surface area (TPSA) is 94.6 Å². The number of benzene rings is 2. The first kappa shape index (κ1) is 23.1. The van der Waals surface area contributed by atoms with Crippen molar-refractivity contribution in [1.82, 2.24) is 24.2 Å². The van der Waals surface area contributed by atoms with E-state index >= 15 is 0 Å². The van der Waals surface area contributed by atoms with E-state index in [4.69, 9.17) is 9.47 Å². The van der Waals surface area contributed by atoms with Crippen LogP contribution >= 0.6 is 0 Å². The van der Waals surface area contributed by atoms with Gasteiger partial charge in [-0.2, -0.15) is 5.10 Å². The minimum absolute atomic E-state index is 0.196. The molecular formula is C26H29N5O4. The Balaban J connectivity index is 1.29. The molecule has 9 nitrogen and oxygen atoms in total. The standard InChI is InChI=1S/C26H29N5O4/c1-34-21-8-9-23(35-2)19(14-21)16-29-12-10-26(33,11-13-29)17-30-18-27-24-22(25(30)32)15-28-31(24)20-6-4-3-5-7-20/h3-9,14-15,18,33H,10-13,16-17H2,1-2H3. The third-order valence-corrected chi connectivity index (χ3v) is 6.69. The van der Waals surface area contributed by atoms with Gasteiger partial charge in [0, 0.05) is 25.2 Å². The lowest BCUT2D eigenvalue weighted by Gasteiger charge is -2.38. The Labute approximate surface area is 203 Å². The molecular weight excluding hydrogens is 446 g/mol. The highest BCUT2D eigenvalue weighted by molar-refractivity contribution is 5.74. The highest BCUT2D eigenvalue weighted by Gasteiger charge is 2.33. The van der Waals surface area contributed by atoms with E-state index in [1.807, 2.05) is 48.5 Å². The number of likely N-dealkylation sites (tertiary alicyclic amines) is 1. The van der Waals surface area contributed by atoms with E-state index in [9.17, 15) is 9.90 Å². The van der Waals surface area contributed by atoms with Crippen molar-refractivity contribution in [1.29, 1.82) is 0 Å². The van der Waals surface area contributed by atoms with Crippen LogP contribution in [0.1, 0.15) is 18.4 Å². The van der Waals surface area contributed by atoms with Crippen LogP contribution in [-0.4, -0.2) is 62.2 Å². The van der Waals surface area contributed by atoms with Gasteiger partial charge in [-0.25, -0.2) is 9.67 Å². The number of fused-ring (bicyclic) bond motifs is 1. The summed E-state index contributed by atoms with van der Waals surface area (Å²) in [6.07, 6.45) is 4.15. The van der Waals surface area contributed by atoms with Crippen LogP contribution in [0.2, 0.25) is 0 Å². The predicted octanol–water partition coefficient (Wildman–Crippen LogP) is 2.63. The maximum Gasteiger partial charge on any atom is 0.264 e. The number of hydrogen-bond acceptors (Lipinski definition) is 7. The van der Waals surface area contributed by atoms with Gasteiger partial charge >= 0.3 is 0 Å². The number of ether oxygens (including phenoxy) is 2. The van der Waals surface area contributed by atoms with Crippen molar-refractivity contribution < 1.29 is 14.6 Å². The quantitative estimate of drug-likeness (QED) is 0.439. The number of nitrogens with zero attached hydrogens (tertiary/aromatic N) is 5. The first-order valence-electron chi connectivity index (χ1n) is 11.6. The number of piperidine rings is 1. The van der Waals surface area contributed by atoms with Gasteiger partial charge in [0.1, 0.15) is 23.2 Å². The van der Waals surface area contributed by atoms with E-state index in [1.54, 1.807) is 25.1 Å². The van der Waals surface area contributed by atoms with Crippen LogP contribution < -0.4 is 15.0 Å². The molecule has 1 aliphatic rings. The summed E-state index contributed by atoms with van der Waals surface area (Å²) >= 11 is 0. The molecule has 3 heterocycles. The SMILES string of the molecule is COc1ccc(OC)c(CN2CCC(O)(Cn3cnc4c(cnn4-c4ccccc4)c3=O)CC2)c1. The average molecular weight is 476 g/mol. The third kappa shape index (κ3) is 4.65. The van der Waals surface area contributed by atoms with Gasteiger partial charge < -0.3 is 14.6 Å². The number of rotatable bonds is 7. The molecule has 1 aliphatic heterocycles. The summed E-state index contributed by atoms with van der Waals surface area (Å²) in [5.74, 6) is 1.60. The fraction of sp³-hybridized carbons (Fsp3) is 0.346. The van der Waals surface area contributed by atoms with E-state index in [0.29, 0.717) is 43.5 Å². The second-order valence-corrected chi connectivity index (χ2v) is 8.99. The summed E-state index contributed by atoms with van der Waals surface area (Å²) in [5, 5.41) is 16.1. The fourth-order valence-corrected chi connectivity index (χ4v) is 4.67. The van der Waals surface area contributed by atoms with E-state index in [1.165, 1.54) is 10.9 Å². The summed E-state index contributed by atoms with van der Waals surface area (Å²) < 4.78 is 14.0. The smallest absolute Gasteiger partial charge is 0.264 e. The zero-order chi connectivity index (χ0) is 24.4. The predicted molar refractivity (Wildman–Crippen MR) is 132 cm³/mol. The molecule has 0 unspecified atom stereocenters. The molecule has 1 saturated heterocycles. The lowest BCUT2D eigenvalue weighted by molar-refractivity contribution is -0.0365. The van der Waals surface area contributed by atoms with E-state index in [0.717, 1.165) is 22.7 Å². The Kier molecular flexibility index (Phi) is 6.27. The molecule has 182 valence electrons. The largest absolute Gasteiger partial charge is 0.497 e. The minimum Gasteiger partial charge on any atom is -0.497 e. The Morgan fingerprint density at radius 1 is 1.06 bits per heavy atom. The maximum absolute atomic E-state index is 13.1. The second kappa shape index (κ2) is 9.52. The van der Waals surface area contributed by atoms with Crippen LogP contribution in [0.4, 0.5) is 0 Å². The average Bonchev–Trinajstić information content (AvgIpc) is 3.33. The molecule has 0 radical (unpaired) electrons. The maximum atomic E-state index is 13.1. The van der Waals surface area contributed by atoms with Crippen molar-refractivity contribution in [2.75, 3.05) is 27.3 Å². The summed E-state index contributed by atoms with van der Waals surface area (Å²) in [7, 11) is 3.31. The van der Waals surface area contributed by atoms with Gasteiger partial charge in [0.2, 0.25) is 0 Å². The van der Waals surface area contributed by atoms with Crippen molar-refractivity contribution in [2.24, 2.45) is 0 Å². The Hall–Kier alpha value is -3.69. The van der Waals surface area contributed by atoms with Crippen molar-refractivity contribution in [3.8, 4) is 17.2 Å². The van der Waals surface area contributed by atoms with E-state index in [-0.39, 0.29) is 12.1 Å². The van der Waals surface area contributed by atoms with Gasteiger partial charge in [0.25, 0.3) is 5.56 Å². The van der Waals surface area contributed by atoms with Crippen LogP contribution in [0.15, 0.2) is 65.8 Å². The highest BCUT2D eigenvalue weighted by atomic mass is 16.5. The van der Waals surface area contributed by atoms with Gasteiger partial charge in [0.05, 0.1) is 38.2 Å².